The summed E-state index contributed by atoms with van der Waals surface area (Å²) in [5, 5.41) is 2.84. The summed E-state index contributed by atoms with van der Waals surface area (Å²) in [5.74, 6) is -0.340. The number of carbonyl (C=O) groups is 1. The maximum Gasteiger partial charge on any atom is 0.251 e. The molecule has 1 aliphatic rings. The molecule has 1 aliphatic carbocycles. The fraction of sp³-hybridized carbons (Fsp3) is 0.280. The second kappa shape index (κ2) is 10.1. The summed E-state index contributed by atoms with van der Waals surface area (Å²) in [5.41, 5.74) is 2.12. The summed E-state index contributed by atoms with van der Waals surface area (Å²) in [6.07, 6.45) is 5.50. The fourth-order valence-corrected chi connectivity index (χ4v) is 5.32. The molecule has 172 valence electrons. The lowest BCUT2D eigenvalue weighted by Gasteiger charge is -2.13. The van der Waals surface area contributed by atoms with E-state index >= 15 is 0 Å². The van der Waals surface area contributed by atoms with Gasteiger partial charge in [-0.25, -0.2) is 13.1 Å². The van der Waals surface area contributed by atoms with Gasteiger partial charge in [-0.3, -0.25) is 9.59 Å². The molecule has 0 saturated heterocycles. The molecule has 7 nitrogen and oxygen atoms in total. The van der Waals surface area contributed by atoms with E-state index in [9.17, 15) is 18.0 Å². The molecule has 1 heterocycles. The van der Waals surface area contributed by atoms with Crippen LogP contribution in [0.15, 0.2) is 82.6 Å². The van der Waals surface area contributed by atoms with E-state index in [2.05, 4.69) is 10.0 Å². The van der Waals surface area contributed by atoms with Crippen molar-refractivity contribution in [2.75, 3.05) is 0 Å². The summed E-state index contributed by atoms with van der Waals surface area (Å²) < 4.78 is 29.7. The Bertz CT molecular complexity index is 1280. The van der Waals surface area contributed by atoms with E-state index in [0.717, 1.165) is 36.8 Å². The highest BCUT2D eigenvalue weighted by molar-refractivity contribution is 7.89. The van der Waals surface area contributed by atoms with Crippen molar-refractivity contribution in [2.45, 2.75) is 49.7 Å². The molecule has 2 N–H and O–H groups in total. The Morgan fingerprint density at radius 2 is 1.67 bits per heavy atom. The van der Waals surface area contributed by atoms with Crippen molar-refractivity contribution >= 4 is 15.9 Å². The van der Waals surface area contributed by atoms with Gasteiger partial charge in [-0.15, -0.1) is 0 Å². The fourth-order valence-electron chi connectivity index (χ4n) is 3.97. The average molecular weight is 466 g/mol. The predicted molar refractivity (Wildman–Crippen MR) is 126 cm³/mol. The Kier molecular flexibility index (Phi) is 7.05. The molecule has 3 aromatic rings. The Labute approximate surface area is 193 Å². The van der Waals surface area contributed by atoms with Crippen LogP contribution in [0.2, 0.25) is 0 Å². The first kappa shape index (κ1) is 22.9. The molecule has 0 aliphatic heterocycles. The molecule has 4 rings (SSSR count). The number of amides is 1. The Hall–Kier alpha value is -3.23. The molecular weight excluding hydrogens is 438 g/mol. The van der Waals surface area contributed by atoms with Gasteiger partial charge in [-0.1, -0.05) is 49.2 Å². The quantitative estimate of drug-likeness (QED) is 0.534. The van der Waals surface area contributed by atoms with Crippen molar-refractivity contribution in [3.63, 3.8) is 0 Å². The van der Waals surface area contributed by atoms with Crippen LogP contribution in [-0.4, -0.2) is 24.9 Å². The van der Waals surface area contributed by atoms with Crippen molar-refractivity contribution < 1.29 is 13.2 Å². The second-order valence-electron chi connectivity index (χ2n) is 8.30. The highest BCUT2D eigenvalue weighted by Gasteiger charge is 2.23. The number of hydrogen-bond acceptors (Lipinski definition) is 4. The maximum absolute atomic E-state index is 12.7. The summed E-state index contributed by atoms with van der Waals surface area (Å²) in [4.78, 5) is 24.6. The molecule has 0 unspecified atom stereocenters. The molecule has 33 heavy (non-hydrogen) atoms. The van der Waals surface area contributed by atoms with Crippen molar-refractivity contribution in [1.82, 2.24) is 14.6 Å². The molecule has 1 amide bonds. The number of benzene rings is 2. The Morgan fingerprint density at radius 3 is 2.39 bits per heavy atom. The third kappa shape index (κ3) is 5.97. The summed E-state index contributed by atoms with van der Waals surface area (Å²) in [6.45, 7) is 0.782. The molecular formula is C25H27N3O4S. The number of pyridine rings is 1. The van der Waals surface area contributed by atoms with Gasteiger partial charge < -0.3 is 9.88 Å². The smallest absolute Gasteiger partial charge is 0.251 e. The van der Waals surface area contributed by atoms with Gasteiger partial charge in [0, 0.05) is 30.4 Å². The van der Waals surface area contributed by atoms with Gasteiger partial charge in [0.2, 0.25) is 10.0 Å². The van der Waals surface area contributed by atoms with E-state index in [-0.39, 0.29) is 22.4 Å². The standard InChI is InChI=1S/C25H27N3O4S/c29-24-10-3-4-15-28(24)18-20-13-11-19(12-14-20)17-26-25(30)21-6-5-9-23(16-21)33(31,32)27-22-7-1-2-8-22/h3-6,9-16,22,27H,1-2,7-8,17-18H2,(H,26,30). The van der Waals surface area contributed by atoms with Crippen molar-refractivity contribution in [1.29, 1.82) is 0 Å². The molecule has 8 heteroatoms. The van der Waals surface area contributed by atoms with E-state index in [1.807, 2.05) is 30.3 Å². The maximum atomic E-state index is 12.7. The van der Waals surface area contributed by atoms with Crippen LogP contribution in [0.5, 0.6) is 0 Å². The molecule has 1 aromatic heterocycles. The van der Waals surface area contributed by atoms with E-state index in [1.54, 1.807) is 29.0 Å². The van der Waals surface area contributed by atoms with Gasteiger partial charge in [0.05, 0.1) is 11.4 Å². The van der Waals surface area contributed by atoms with Crippen LogP contribution in [-0.2, 0) is 23.1 Å². The van der Waals surface area contributed by atoms with Gasteiger partial charge in [0.25, 0.3) is 11.5 Å². The number of rotatable bonds is 8. The molecule has 1 fully saturated rings. The molecule has 2 aromatic carbocycles. The third-order valence-corrected chi connectivity index (χ3v) is 7.33. The summed E-state index contributed by atoms with van der Waals surface area (Å²) in [6, 6.07) is 18.8. The molecule has 0 radical (unpaired) electrons. The minimum Gasteiger partial charge on any atom is -0.348 e. The van der Waals surface area contributed by atoms with E-state index in [0.29, 0.717) is 18.7 Å². The lowest BCUT2D eigenvalue weighted by molar-refractivity contribution is 0.0950. The molecule has 1 saturated carbocycles. The highest BCUT2D eigenvalue weighted by atomic mass is 32.2. The third-order valence-electron chi connectivity index (χ3n) is 5.81. The number of nitrogens with zero attached hydrogens (tertiary/aromatic N) is 1. The average Bonchev–Trinajstić information content (AvgIpc) is 3.32. The first-order valence-corrected chi connectivity index (χ1v) is 12.5. The molecule has 0 atom stereocenters. The number of sulfonamides is 1. The van der Waals surface area contributed by atoms with E-state index < -0.39 is 10.0 Å². The number of hydrogen-bond donors (Lipinski definition) is 2. The van der Waals surface area contributed by atoms with Crippen LogP contribution >= 0.6 is 0 Å². The lowest BCUT2D eigenvalue weighted by atomic mass is 10.1. The van der Waals surface area contributed by atoms with Crippen LogP contribution in [0.1, 0.15) is 47.2 Å². The second-order valence-corrected chi connectivity index (χ2v) is 10.0. The first-order chi connectivity index (χ1) is 15.9. The normalized spacial score (nSPS) is 14.3. The van der Waals surface area contributed by atoms with E-state index in [1.165, 1.54) is 18.2 Å². The van der Waals surface area contributed by atoms with Gasteiger partial charge in [-0.2, -0.15) is 0 Å². The molecule has 0 bridgehead atoms. The van der Waals surface area contributed by atoms with Crippen LogP contribution in [0.25, 0.3) is 0 Å². The van der Waals surface area contributed by atoms with Crippen LogP contribution < -0.4 is 15.6 Å². The number of nitrogens with one attached hydrogen (secondary N) is 2. The van der Waals surface area contributed by atoms with Crippen molar-refractivity contribution in [2.24, 2.45) is 0 Å². The Morgan fingerprint density at radius 1 is 0.939 bits per heavy atom. The van der Waals surface area contributed by atoms with E-state index in [4.69, 9.17) is 0 Å². The zero-order valence-electron chi connectivity index (χ0n) is 18.2. The van der Waals surface area contributed by atoms with Crippen molar-refractivity contribution in [3.8, 4) is 0 Å². The van der Waals surface area contributed by atoms with Crippen LogP contribution in [0, 0.1) is 0 Å². The monoisotopic (exact) mass is 465 g/mol. The predicted octanol–water partition coefficient (Wildman–Crippen LogP) is 3.05. The topological polar surface area (TPSA) is 97.3 Å². The van der Waals surface area contributed by atoms with Gasteiger partial charge in [0.15, 0.2) is 0 Å². The minimum absolute atomic E-state index is 0.0315. The van der Waals surface area contributed by atoms with Gasteiger partial charge >= 0.3 is 0 Å². The summed E-state index contributed by atoms with van der Waals surface area (Å²) >= 11 is 0. The largest absolute Gasteiger partial charge is 0.348 e. The van der Waals surface area contributed by atoms with Crippen LogP contribution in [0.4, 0.5) is 0 Å². The Balaban J connectivity index is 1.36. The SMILES string of the molecule is O=C(NCc1ccc(Cn2ccccc2=O)cc1)c1cccc(S(=O)(=O)NC2CCCC2)c1. The lowest BCUT2D eigenvalue weighted by Crippen LogP contribution is -2.32. The number of aromatic nitrogens is 1. The zero-order valence-corrected chi connectivity index (χ0v) is 19.1. The minimum atomic E-state index is -3.65. The van der Waals surface area contributed by atoms with Gasteiger partial charge in [0.1, 0.15) is 0 Å². The zero-order chi connectivity index (χ0) is 23.3. The molecule has 0 spiro atoms. The van der Waals surface area contributed by atoms with Crippen molar-refractivity contribution in [3.05, 3.63) is 100.0 Å². The summed E-state index contributed by atoms with van der Waals surface area (Å²) in [7, 11) is -3.65. The number of carbonyl (C=O) groups excluding carboxylic acids is 1. The van der Waals surface area contributed by atoms with Gasteiger partial charge in [-0.05, 0) is 48.2 Å². The first-order valence-electron chi connectivity index (χ1n) is 11.0. The van der Waals surface area contributed by atoms with Crippen LogP contribution in [0.3, 0.4) is 0 Å². The highest BCUT2D eigenvalue weighted by Crippen LogP contribution is 2.21.